The molecule has 0 amide bonds. The van der Waals surface area contributed by atoms with E-state index in [0.717, 1.165) is 0 Å². The van der Waals surface area contributed by atoms with Crippen LogP contribution in [0.5, 0.6) is 0 Å². The van der Waals surface area contributed by atoms with E-state index in [1.54, 1.807) is 0 Å². The Labute approximate surface area is 101 Å². The number of aryl methyl sites for hydroxylation is 1. The van der Waals surface area contributed by atoms with Crippen LogP contribution in [0.1, 0.15) is 12.7 Å². The van der Waals surface area contributed by atoms with Crippen molar-refractivity contribution in [1.29, 1.82) is 0 Å². The van der Waals surface area contributed by atoms with Crippen molar-refractivity contribution in [1.82, 2.24) is 9.97 Å². The topological polar surface area (TPSA) is 84.2 Å². The number of aromatic nitrogens is 2. The summed E-state index contributed by atoms with van der Waals surface area (Å²) >= 11 is 0. The van der Waals surface area contributed by atoms with Crippen molar-refractivity contribution in [2.75, 3.05) is 38.3 Å². The first-order valence-electron chi connectivity index (χ1n) is 5.76. The quantitative estimate of drug-likeness (QED) is 0.642. The molecule has 1 rings (SSSR count). The number of hydrogen-bond donors (Lipinski definition) is 2. The van der Waals surface area contributed by atoms with Crippen LogP contribution in [-0.4, -0.2) is 43.3 Å². The zero-order valence-corrected chi connectivity index (χ0v) is 10.4. The molecular formula is C11H20N4O2. The van der Waals surface area contributed by atoms with E-state index in [9.17, 15) is 4.79 Å². The SMILES string of the molecule is CCc1nc(N(C)CCOCCN)cc(=O)[nH]1. The number of H-pyrrole nitrogens is 1. The Morgan fingerprint density at radius 3 is 2.94 bits per heavy atom. The molecular weight excluding hydrogens is 220 g/mol. The monoisotopic (exact) mass is 240 g/mol. The van der Waals surface area contributed by atoms with E-state index < -0.39 is 0 Å². The highest BCUT2D eigenvalue weighted by Crippen LogP contribution is 2.05. The zero-order chi connectivity index (χ0) is 12.7. The number of nitrogens with zero attached hydrogens (tertiary/aromatic N) is 2. The second-order valence-corrected chi connectivity index (χ2v) is 3.73. The van der Waals surface area contributed by atoms with Crippen molar-refractivity contribution < 1.29 is 4.74 Å². The molecule has 0 saturated heterocycles. The zero-order valence-electron chi connectivity index (χ0n) is 10.4. The van der Waals surface area contributed by atoms with Crippen LogP contribution in [0.3, 0.4) is 0 Å². The first-order chi connectivity index (χ1) is 8.17. The Balaban J connectivity index is 2.58. The summed E-state index contributed by atoms with van der Waals surface area (Å²) in [6.45, 7) is 4.28. The predicted octanol–water partition coefficient (Wildman–Crippen LogP) is -0.256. The highest BCUT2D eigenvalue weighted by atomic mass is 16.5. The molecule has 1 aromatic rings. The Morgan fingerprint density at radius 2 is 2.29 bits per heavy atom. The van der Waals surface area contributed by atoms with Gasteiger partial charge in [-0.1, -0.05) is 6.92 Å². The van der Waals surface area contributed by atoms with Gasteiger partial charge in [-0.2, -0.15) is 0 Å². The minimum absolute atomic E-state index is 0.124. The van der Waals surface area contributed by atoms with E-state index in [-0.39, 0.29) is 5.56 Å². The minimum atomic E-state index is -0.124. The normalized spacial score (nSPS) is 10.5. The third kappa shape index (κ3) is 4.54. The Morgan fingerprint density at radius 1 is 1.53 bits per heavy atom. The number of likely N-dealkylation sites (N-methyl/N-ethyl adjacent to an activating group) is 1. The molecule has 6 nitrogen and oxygen atoms in total. The molecule has 0 aliphatic rings. The maximum atomic E-state index is 11.4. The highest BCUT2D eigenvalue weighted by molar-refractivity contribution is 5.36. The molecule has 1 aromatic heterocycles. The van der Waals surface area contributed by atoms with Gasteiger partial charge in [-0.25, -0.2) is 4.98 Å². The largest absolute Gasteiger partial charge is 0.378 e. The summed E-state index contributed by atoms with van der Waals surface area (Å²) in [5, 5.41) is 0. The lowest BCUT2D eigenvalue weighted by molar-refractivity contribution is 0.148. The van der Waals surface area contributed by atoms with Crippen molar-refractivity contribution in [2.45, 2.75) is 13.3 Å². The smallest absolute Gasteiger partial charge is 0.252 e. The van der Waals surface area contributed by atoms with E-state index in [4.69, 9.17) is 10.5 Å². The Hall–Kier alpha value is -1.40. The molecule has 0 fully saturated rings. The van der Waals surface area contributed by atoms with Gasteiger partial charge in [0.1, 0.15) is 11.6 Å². The van der Waals surface area contributed by atoms with Gasteiger partial charge in [-0.15, -0.1) is 0 Å². The lowest BCUT2D eigenvalue weighted by atomic mass is 10.4. The van der Waals surface area contributed by atoms with E-state index in [2.05, 4.69) is 9.97 Å². The van der Waals surface area contributed by atoms with E-state index in [1.807, 2.05) is 18.9 Å². The van der Waals surface area contributed by atoms with Gasteiger partial charge in [-0.05, 0) is 0 Å². The molecule has 96 valence electrons. The van der Waals surface area contributed by atoms with Crippen LogP contribution in [0.4, 0.5) is 5.82 Å². The van der Waals surface area contributed by atoms with Gasteiger partial charge in [0.05, 0.1) is 13.2 Å². The first kappa shape index (κ1) is 13.7. The third-order valence-electron chi connectivity index (χ3n) is 2.34. The molecule has 0 radical (unpaired) electrons. The van der Waals surface area contributed by atoms with Gasteiger partial charge in [-0.3, -0.25) is 4.79 Å². The minimum Gasteiger partial charge on any atom is -0.378 e. The van der Waals surface area contributed by atoms with Crippen LogP contribution in [-0.2, 0) is 11.2 Å². The molecule has 0 aliphatic heterocycles. The molecule has 17 heavy (non-hydrogen) atoms. The summed E-state index contributed by atoms with van der Waals surface area (Å²) in [6, 6.07) is 1.49. The molecule has 0 saturated carbocycles. The van der Waals surface area contributed by atoms with Gasteiger partial charge in [0.2, 0.25) is 0 Å². The molecule has 0 spiro atoms. The molecule has 0 aliphatic carbocycles. The van der Waals surface area contributed by atoms with E-state index in [1.165, 1.54) is 6.07 Å². The third-order valence-corrected chi connectivity index (χ3v) is 2.34. The average molecular weight is 240 g/mol. The van der Waals surface area contributed by atoms with Crippen LogP contribution in [0.2, 0.25) is 0 Å². The summed E-state index contributed by atoms with van der Waals surface area (Å²) in [6.07, 6.45) is 0.709. The first-order valence-corrected chi connectivity index (χ1v) is 5.76. The van der Waals surface area contributed by atoms with Crippen molar-refractivity contribution in [2.24, 2.45) is 5.73 Å². The molecule has 0 aromatic carbocycles. The second-order valence-electron chi connectivity index (χ2n) is 3.73. The number of hydrogen-bond acceptors (Lipinski definition) is 5. The summed E-state index contributed by atoms with van der Waals surface area (Å²) < 4.78 is 5.28. The van der Waals surface area contributed by atoms with Crippen LogP contribution in [0, 0.1) is 0 Å². The summed E-state index contributed by atoms with van der Waals surface area (Å²) in [5.74, 6) is 1.36. The molecule has 3 N–H and O–H groups in total. The summed E-state index contributed by atoms with van der Waals surface area (Å²) in [7, 11) is 1.88. The number of nitrogens with two attached hydrogens (primary N) is 1. The van der Waals surface area contributed by atoms with Gasteiger partial charge in [0.25, 0.3) is 5.56 Å². The van der Waals surface area contributed by atoms with Crippen molar-refractivity contribution in [3.63, 3.8) is 0 Å². The molecule has 1 heterocycles. The van der Waals surface area contributed by atoms with Gasteiger partial charge < -0.3 is 20.4 Å². The fraction of sp³-hybridized carbons (Fsp3) is 0.636. The van der Waals surface area contributed by atoms with Crippen LogP contribution < -0.4 is 16.2 Å². The highest BCUT2D eigenvalue weighted by Gasteiger charge is 2.05. The second kappa shape index (κ2) is 7.03. The van der Waals surface area contributed by atoms with Gasteiger partial charge in [0, 0.05) is 32.6 Å². The maximum absolute atomic E-state index is 11.4. The molecule has 6 heteroatoms. The number of rotatable bonds is 7. The van der Waals surface area contributed by atoms with Crippen LogP contribution in [0.25, 0.3) is 0 Å². The number of aromatic amines is 1. The number of nitrogens with one attached hydrogen (secondary N) is 1. The Kier molecular flexibility index (Phi) is 5.65. The average Bonchev–Trinajstić information content (AvgIpc) is 2.33. The van der Waals surface area contributed by atoms with Crippen molar-refractivity contribution >= 4 is 5.82 Å². The molecule has 0 unspecified atom stereocenters. The van der Waals surface area contributed by atoms with Gasteiger partial charge in [0.15, 0.2) is 0 Å². The lowest BCUT2D eigenvalue weighted by Gasteiger charge is -2.18. The molecule has 0 atom stereocenters. The predicted molar refractivity (Wildman–Crippen MR) is 67.4 cm³/mol. The fourth-order valence-electron chi connectivity index (χ4n) is 1.36. The van der Waals surface area contributed by atoms with Crippen molar-refractivity contribution in [3.05, 3.63) is 22.2 Å². The number of anilines is 1. The number of ether oxygens (including phenoxy) is 1. The Bertz CT molecular complexity index is 391. The summed E-state index contributed by atoms with van der Waals surface area (Å²) in [4.78, 5) is 20.3. The standard InChI is InChI=1S/C11H20N4O2/c1-3-9-13-10(8-11(16)14-9)15(2)5-7-17-6-4-12/h8H,3-7,12H2,1-2H3,(H,13,14,16). The van der Waals surface area contributed by atoms with E-state index >= 15 is 0 Å². The maximum Gasteiger partial charge on any atom is 0.252 e. The van der Waals surface area contributed by atoms with Crippen LogP contribution >= 0.6 is 0 Å². The van der Waals surface area contributed by atoms with Gasteiger partial charge >= 0.3 is 0 Å². The van der Waals surface area contributed by atoms with Crippen LogP contribution in [0.15, 0.2) is 10.9 Å². The summed E-state index contributed by atoms with van der Waals surface area (Å²) in [5.41, 5.74) is 5.19. The lowest BCUT2D eigenvalue weighted by Crippen LogP contribution is -2.26. The molecule has 0 bridgehead atoms. The fourth-order valence-corrected chi connectivity index (χ4v) is 1.36. The van der Waals surface area contributed by atoms with E-state index in [0.29, 0.717) is 44.4 Å². The van der Waals surface area contributed by atoms with Crippen molar-refractivity contribution in [3.8, 4) is 0 Å².